The van der Waals surface area contributed by atoms with Gasteiger partial charge in [-0.1, -0.05) is 0 Å². The Bertz CT molecular complexity index is 2870. The third kappa shape index (κ3) is 8.28. The highest BCUT2D eigenvalue weighted by Gasteiger charge is 2.56. The van der Waals surface area contributed by atoms with Crippen LogP contribution in [-0.4, -0.2) is 102 Å². The van der Waals surface area contributed by atoms with Crippen LogP contribution in [0.15, 0.2) is 91.1 Å². The molecule has 18 heteroatoms. The van der Waals surface area contributed by atoms with Crippen molar-refractivity contribution in [3.63, 3.8) is 0 Å². The number of rotatable bonds is 12. The molecule has 3 saturated heterocycles. The van der Waals surface area contributed by atoms with Crippen LogP contribution in [0.4, 0.5) is 27.1 Å². The van der Waals surface area contributed by atoms with Gasteiger partial charge in [-0.05, 0) is 117 Å². The minimum atomic E-state index is -1.19. The average molecular weight is 909 g/mol. The number of fused-ring (bicyclic) bond motifs is 2. The van der Waals surface area contributed by atoms with E-state index in [-0.39, 0.29) is 41.8 Å². The summed E-state index contributed by atoms with van der Waals surface area (Å²) >= 11 is 0. The third-order valence-electron chi connectivity index (χ3n) is 13.4. The van der Waals surface area contributed by atoms with Crippen LogP contribution in [0.3, 0.4) is 0 Å². The van der Waals surface area contributed by atoms with Gasteiger partial charge in [-0.15, -0.1) is 0 Å². The van der Waals surface area contributed by atoms with Crippen molar-refractivity contribution < 1.29 is 47.4 Å². The summed E-state index contributed by atoms with van der Waals surface area (Å²) in [6.45, 7) is 2.70. The van der Waals surface area contributed by atoms with Crippen LogP contribution < -0.4 is 35.6 Å². The predicted octanol–water partition coefficient (Wildman–Crippen LogP) is 5.47. The molecule has 4 aromatic carbocycles. The molecule has 1 unspecified atom stereocenters. The summed E-state index contributed by atoms with van der Waals surface area (Å²) in [6.07, 6.45) is 4.33. The van der Waals surface area contributed by atoms with Crippen molar-refractivity contribution in [1.29, 1.82) is 0 Å². The Kier molecular flexibility index (Phi) is 11.1. The Morgan fingerprint density at radius 3 is 2.07 bits per heavy atom. The Hall–Kier alpha value is -7.73. The van der Waals surface area contributed by atoms with E-state index in [1.54, 1.807) is 49.7 Å². The summed E-state index contributed by atoms with van der Waals surface area (Å²) in [5.74, 6) is -2.31. The Labute approximate surface area is 383 Å². The van der Waals surface area contributed by atoms with Gasteiger partial charge in [0.2, 0.25) is 29.5 Å². The number of pyridine rings is 1. The zero-order valence-corrected chi connectivity index (χ0v) is 36.3. The zero-order valence-electron chi connectivity index (χ0n) is 36.3. The van der Waals surface area contributed by atoms with E-state index in [2.05, 4.69) is 36.1 Å². The molecular weight excluding hydrogens is 864 g/mol. The number of imide groups is 2. The van der Waals surface area contributed by atoms with E-state index in [1.165, 1.54) is 36.4 Å². The summed E-state index contributed by atoms with van der Waals surface area (Å²) < 4.78 is 25.5. The maximum absolute atomic E-state index is 13.3. The van der Waals surface area contributed by atoms with Crippen molar-refractivity contribution >= 4 is 75.0 Å². The highest BCUT2D eigenvalue weighted by Crippen LogP contribution is 2.48. The standard InChI is InChI=1S/C49H45FN8O9/c1-66-41-23-36-37(51-19-14-40(36)67-33-9-6-30(7-10-33)54-48(65)49(17-18-49)47(64)53-29-4-2-28(50)3-5-29)24-39(41)56-20-15-32(16-21-56)57-25-27(26-57)43(60)52-31-8-11-34-35(22-31)46(63)58(45(34)62)38-12-13-42(59)55-44(38)61/h2-11,14,19,22-24,27,32,38H,12-13,15-18,20-21,25-26H2,1H3,(H,52,60)(H,53,64)(H,54,65)(H,55,59,61). The summed E-state index contributed by atoms with van der Waals surface area (Å²) in [4.78, 5) is 100. The Morgan fingerprint density at radius 1 is 0.761 bits per heavy atom. The number of amides is 7. The number of benzene rings is 4. The van der Waals surface area contributed by atoms with Crippen molar-refractivity contribution in [1.82, 2.24) is 20.1 Å². The van der Waals surface area contributed by atoms with E-state index in [1.807, 2.05) is 12.1 Å². The molecule has 1 saturated carbocycles. The monoisotopic (exact) mass is 908 g/mol. The van der Waals surface area contributed by atoms with E-state index in [4.69, 9.17) is 9.47 Å². The molecular formula is C49H45FN8O9. The summed E-state index contributed by atoms with van der Waals surface area (Å²) in [7, 11) is 1.63. The van der Waals surface area contributed by atoms with Gasteiger partial charge in [0.25, 0.3) is 11.8 Å². The first-order valence-electron chi connectivity index (χ1n) is 22.2. The zero-order chi connectivity index (χ0) is 46.6. The normalized spacial score (nSPS) is 19.3. The van der Waals surface area contributed by atoms with Gasteiger partial charge in [-0.25, -0.2) is 4.39 Å². The van der Waals surface area contributed by atoms with E-state index in [0.29, 0.717) is 60.2 Å². The van der Waals surface area contributed by atoms with E-state index in [0.717, 1.165) is 47.4 Å². The van der Waals surface area contributed by atoms with Gasteiger partial charge in [0.1, 0.15) is 34.5 Å². The molecule has 1 atom stereocenters. The van der Waals surface area contributed by atoms with Crippen LogP contribution in [0.2, 0.25) is 0 Å². The van der Waals surface area contributed by atoms with Crippen LogP contribution >= 0.6 is 0 Å². The molecule has 17 nitrogen and oxygen atoms in total. The number of nitrogens with one attached hydrogen (secondary N) is 4. The maximum atomic E-state index is 13.3. The molecule has 1 aromatic heterocycles. The lowest BCUT2D eigenvalue weighted by Crippen LogP contribution is -2.58. The minimum Gasteiger partial charge on any atom is -0.495 e. The number of anilines is 4. The molecule has 5 heterocycles. The lowest BCUT2D eigenvalue weighted by molar-refractivity contribution is -0.136. The van der Waals surface area contributed by atoms with Gasteiger partial charge in [0, 0.05) is 67.3 Å². The number of halogens is 1. The van der Waals surface area contributed by atoms with Crippen molar-refractivity contribution in [2.75, 3.05) is 54.1 Å². The number of hydrogen-bond acceptors (Lipinski definition) is 12. The van der Waals surface area contributed by atoms with Gasteiger partial charge >= 0.3 is 0 Å². The van der Waals surface area contributed by atoms with E-state index >= 15 is 0 Å². The molecule has 4 N–H and O–H groups in total. The maximum Gasteiger partial charge on any atom is 0.262 e. The van der Waals surface area contributed by atoms with Crippen molar-refractivity contribution in [2.45, 2.75) is 50.6 Å². The number of nitrogens with zero attached hydrogens (tertiary/aromatic N) is 4. The molecule has 5 aromatic rings. The Morgan fingerprint density at radius 2 is 1.42 bits per heavy atom. The molecule has 4 aliphatic heterocycles. The van der Waals surface area contributed by atoms with Gasteiger partial charge in [-0.2, -0.15) is 0 Å². The average Bonchev–Trinajstić information content (AvgIpc) is 4.09. The first-order valence-corrected chi connectivity index (χ1v) is 22.2. The van der Waals surface area contributed by atoms with Gasteiger partial charge in [0.15, 0.2) is 0 Å². The highest BCUT2D eigenvalue weighted by atomic mass is 19.1. The molecule has 0 bridgehead atoms. The van der Waals surface area contributed by atoms with Gasteiger partial charge in [-0.3, -0.25) is 53.7 Å². The molecule has 7 amide bonds. The summed E-state index contributed by atoms with van der Waals surface area (Å²) in [6, 6.07) is 21.7. The third-order valence-corrected chi connectivity index (χ3v) is 13.4. The molecule has 1 aliphatic carbocycles. The molecule has 67 heavy (non-hydrogen) atoms. The van der Waals surface area contributed by atoms with Crippen LogP contribution in [0, 0.1) is 17.2 Å². The van der Waals surface area contributed by atoms with Gasteiger partial charge in [0.05, 0.1) is 35.4 Å². The number of carbonyl (C=O) groups is 7. The van der Waals surface area contributed by atoms with Crippen LogP contribution in [0.25, 0.3) is 10.9 Å². The number of likely N-dealkylation sites (tertiary alicyclic amines) is 1. The lowest BCUT2D eigenvalue weighted by atomic mass is 9.92. The second-order valence-electron chi connectivity index (χ2n) is 17.5. The number of piperidine rings is 2. The Balaban J connectivity index is 0.717. The lowest BCUT2D eigenvalue weighted by Gasteiger charge is -2.47. The fourth-order valence-corrected chi connectivity index (χ4v) is 9.33. The second kappa shape index (κ2) is 17.2. The van der Waals surface area contributed by atoms with Crippen molar-refractivity contribution in [3.05, 3.63) is 108 Å². The van der Waals surface area contributed by atoms with Crippen molar-refractivity contribution in [2.24, 2.45) is 11.3 Å². The largest absolute Gasteiger partial charge is 0.495 e. The topological polar surface area (TPSA) is 209 Å². The molecule has 10 rings (SSSR count). The SMILES string of the molecule is COc1cc2c(Oc3ccc(NC(=O)C4(C(=O)Nc5ccc(F)cc5)CC4)cc3)ccnc2cc1N1CCC(N2CC(C(=O)Nc3ccc4c(c3)C(=O)N(C3CCC(=O)NC3=O)C4=O)C2)CC1. The quantitative estimate of drug-likeness (QED) is 0.0908. The van der Waals surface area contributed by atoms with Crippen LogP contribution in [0.1, 0.15) is 59.2 Å². The van der Waals surface area contributed by atoms with Gasteiger partial charge < -0.3 is 30.3 Å². The molecule has 0 radical (unpaired) electrons. The van der Waals surface area contributed by atoms with E-state index < -0.39 is 52.7 Å². The van der Waals surface area contributed by atoms with Crippen LogP contribution in [0.5, 0.6) is 17.2 Å². The van der Waals surface area contributed by atoms with Crippen LogP contribution in [-0.2, 0) is 24.0 Å². The summed E-state index contributed by atoms with van der Waals surface area (Å²) in [5, 5.41) is 11.4. The number of aromatic nitrogens is 1. The number of ether oxygens (including phenoxy) is 2. The first kappa shape index (κ1) is 43.2. The smallest absolute Gasteiger partial charge is 0.262 e. The highest BCUT2D eigenvalue weighted by molar-refractivity contribution is 6.24. The molecule has 0 spiro atoms. The fourth-order valence-electron chi connectivity index (χ4n) is 9.33. The molecule has 342 valence electrons. The number of methoxy groups -OCH3 is 1. The number of hydrogen-bond donors (Lipinski definition) is 4. The second-order valence-corrected chi connectivity index (χ2v) is 17.5. The number of carbonyl (C=O) groups excluding carboxylic acids is 7. The molecule has 4 fully saturated rings. The summed E-state index contributed by atoms with van der Waals surface area (Å²) in [5.41, 5.74) is 1.99. The van der Waals surface area contributed by atoms with Crippen molar-refractivity contribution in [3.8, 4) is 17.2 Å². The minimum absolute atomic E-state index is 0.0279. The van der Waals surface area contributed by atoms with E-state index in [9.17, 15) is 38.0 Å². The molecule has 5 aliphatic rings. The fraction of sp³-hybridized carbons (Fsp3) is 0.306. The predicted molar refractivity (Wildman–Crippen MR) is 242 cm³/mol. The first-order chi connectivity index (χ1) is 32.4.